The highest BCUT2D eigenvalue weighted by molar-refractivity contribution is 5.81. The molecule has 0 aliphatic heterocycles. The molecule has 0 spiro atoms. The number of phenolic OH excluding ortho intramolecular Hbond substituents is 1. The molecule has 0 fully saturated rings. The first-order chi connectivity index (χ1) is 10.5. The van der Waals surface area contributed by atoms with Gasteiger partial charge in [-0.1, -0.05) is 0 Å². The number of aromatic hydroxyl groups is 1. The summed E-state index contributed by atoms with van der Waals surface area (Å²) >= 11 is 0. The van der Waals surface area contributed by atoms with Crippen LogP contribution in [0.3, 0.4) is 0 Å². The fourth-order valence-corrected chi connectivity index (χ4v) is 2.46. The molecule has 0 bridgehead atoms. The largest absolute Gasteiger partial charge is 0.508 e. The number of hydrogen-bond donors (Lipinski definition) is 1. The van der Waals surface area contributed by atoms with Gasteiger partial charge in [-0.05, 0) is 43.3 Å². The van der Waals surface area contributed by atoms with Gasteiger partial charge in [-0.3, -0.25) is 4.79 Å². The summed E-state index contributed by atoms with van der Waals surface area (Å²) in [7, 11) is 3.94. The van der Waals surface area contributed by atoms with Crippen LogP contribution >= 0.6 is 0 Å². The van der Waals surface area contributed by atoms with Gasteiger partial charge in [0.2, 0.25) is 0 Å². The molecular weight excluding hydrogens is 278 g/mol. The molecule has 0 aliphatic rings. The zero-order valence-electron chi connectivity index (χ0n) is 12.8. The van der Waals surface area contributed by atoms with E-state index in [0.29, 0.717) is 22.3 Å². The lowest BCUT2D eigenvalue weighted by Crippen LogP contribution is -2.09. The van der Waals surface area contributed by atoms with Crippen molar-refractivity contribution in [1.29, 1.82) is 0 Å². The molecule has 3 rings (SSSR count). The molecule has 0 aliphatic carbocycles. The Morgan fingerprint density at radius 2 is 1.73 bits per heavy atom. The van der Waals surface area contributed by atoms with Crippen molar-refractivity contribution >= 4 is 16.7 Å². The minimum Gasteiger partial charge on any atom is -0.508 e. The Balaban J connectivity index is 2.22. The van der Waals surface area contributed by atoms with Crippen molar-refractivity contribution in [2.75, 3.05) is 19.0 Å². The summed E-state index contributed by atoms with van der Waals surface area (Å²) in [5.41, 5.74) is 2.79. The molecule has 112 valence electrons. The quantitative estimate of drug-likeness (QED) is 0.785. The summed E-state index contributed by atoms with van der Waals surface area (Å²) in [6.07, 6.45) is 0. The first-order valence-corrected chi connectivity index (χ1v) is 7.01. The Kier molecular flexibility index (Phi) is 3.37. The fourth-order valence-electron chi connectivity index (χ4n) is 2.46. The molecular formula is C18H17NO3. The smallest absolute Gasteiger partial charge is 0.196 e. The van der Waals surface area contributed by atoms with Crippen LogP contribution in [0.4, 0.5) is 5.69 Å². The predicted molar refractivity (Wildman–Crippen MR) is 88.6 cm³/mol. The maximum Gasteiger partial charge on any atom is 0.196 e. The Morgan fingerprint density at radius 1 is 1.05 bits per heavy atom. The van der Waals surface area contributed by atoms with Gasteiger partial charge in [0.15, 0.2) is 5.43 Å². The molecule has 4 nitrogen and oxygen atoms in total. The van der Waals surface area contributed by atoms with E-state index in [0.717, 1.165) is 11.3 Å². The highest BCUT2D eigenvalue weighted by Crippen LogP contribution is 2.28. The molecule has 0 radical (unpaired) electrons. The van der Waals surface area contributed by atoms with Crippen molar-refractivity contribution in [3.05, 3.63) is 58.3 Å². The molecule has 0 unspecified atom stereocenters. The average molecular weight is 295 g/mol. The zero-order valence-corrected chi connectivity index (χ0v) is 12.8. The van der Waals surface area contributed by atoms with Gasteiger partial charge in [0.25, 0.3) is 0 Å². The third-order valence-corrected chi connectivity index (χ3v) is 3.75. The number of rotatable bonds is 2. The maximum atomic E-state index is 12.5. The van der Waals surface area contributed by atoms with E-state index < -0.39 is 0 Å². The highest BCUT2D eigenvalue weighted by Gasteiger charge is 2.13. The van der Waals surface area contributed by atoms with Gasteiger partial charge < -0.3 is 14.4 Å². The van der Waals surface area contributed by atoms with Crippen molar-refractivity contribution in [2.45, 2.75) is 6.92 Å². The van der Waals surface area contributed by atoms with E-state index in [9.17, 15) is 9.90 Å². The van der Waals surface area contributed by atoms with E-state index in [4.69, 9.17) is 4.42 Å². The number of fused-ring (bicyclic) bond motifs is 1. The van der Waals surface area contributed by atoms with Crippen LogP contribution in [0.25, 0.3) is 22.3 Å². The Bertz CT molecular complexity index is 893. The first-order valence-electron chi connectivity index (χ1n) is 7.01. The van der Waals surface area contributed by atoms with Crippen LogP contribution in [0.2, 0.25) is 0 Å². The van der Waals surface area contributed by atoms with Crippen LogP contribution in [-0.2, 0) is 0 Å². The van der Waals surface area contributed by atoms with Crippen LogP contribution in [-0.4, -0.2) is 19.2 Å². The molecule has 1 heterocycles. The molecule has 3 aromatic rings. The topological polar surface area (TPSA) is 53.7 Å². The Labute approximate surface area is 128 Å². The van der Waals surface area contributed by atoms with Crippen molar-refractivity contribution in [3.8, 4) is 17.1 Å². The van der Waals surface area contributed by atoms with Crippen molar-refractivity contribution < 1.29 is 9.52 Å². The number of hydrogen-bond acceptors (Lipinski definition) is 4. The van der Waals surface area contributed by atoms with E-state index in [1.807, 2.05) is 43.3 Å². The predicted octanol–water partition coefficient (Wildman–Crippen LogP) is 3.54. The van der Waals surface area contributed by atoms with E-state index in [1.165, 1.54) is 12.1 Å². The summed E-state index contributed by atoms with van der Waals surface area (Å²) in [5, 5.41) is 10.1. The second-order valence-electron chi connectivity index (χ2n) is 5.51. The minimum atomic E-state index is -0.0760. The number of nitrogens with zero attached hydrogens (tertiary/aromatic N) is 1. The van der Waals surface area contributed by atoms with Crippen molar-refractivity contribution in [3.63, 3.8) is 0 Å². The Hall–Kier alpha value is -2.75. The molecule has 0 saturated heterocycles. The lowest BCUT2D eigenvalue weighted by molar-refractivity contribution is 0.474. The Morgan fingerprint density at radius 3 is 2.36 bits per heavy atom. The van der Waals surface area contributed by atoms with Crippen LogP contribution in [0, 0.1) is 6.92 Å². The lowest BCUT2D eigenvalue weighted by Gasteiger charge is -2.13. The van der Waals surface area contributed by atoms with E-state index in [1.54, 1.807) is 13.0 Å². The van der Waals surface area contributed by atoms with Crippen molar-refractivity contribution in [2.24, 2.45) is 0 Å². The van der Waals surface area contributed by atoms with Gasteiger partial charge >= 0.3 is 0 Å². The zero-order chi connectivity index (χ0) is 15.9. The van der Waals surface area contributed by atoms with E-state index >= 15 is 0 Å². The molecule has 22 heavy (non-hydrogen) atoms. The molecule has 0 atom stereocenters. The van der Waals surface area contributed by atoms with Crippen LogP contribution in [0.15, 0.2) is 51.7 Å². The summed E-state index contributed by atoms with van der Waals surface area (Å²) in [6.45, 7) is 1.76. The SMILES string of the molecule is Cc1c(-c2ccc(N(C)C)cc2)oc2cc(O)ccc2c1=O. The van der Waals surface area contributed by atoms with Gasteiger partial charge in [0, 0.05) is 37.0 Å². The third kappa shape index (κ3) is 2.33. The second kappa shape index (κ2) is 5.22. The standard InChI is InChI=1S/C18H17NO3/c1-11-17(21)15-9-8-14(20)10-16(15)22-18(11)12-4-6-13(7-5-12)19(2)3/h4-10,20H,1-3H3. The summed E-state index contributed by atoms with van der Waals surface area (Å²) in [4.78, 5) is 14.5. The fraction of sp³-hybridized carbons (Fsp3) is 0.167. The average Bonchev–Trinajstić information content (AvgIpc) is 2.51. The molecule has 0 amide bonds. The van der Waals surface area contributed by atoms with Gasteiger partial charge in [0.05, 0.1) is 5.39 Å². The van der Waals surface area contributed by atoms with Gasteiger partial charge in [-0.25, -0.2) is 0 Å². The lowest BCUT2D eigenvalue weighted by atomic mass is 10.1. The summed E-state index contributed by atoms with van der Waals surface area (Å²) in [6, 6.07) is 12.3. The second-order valence-corrected chi connectivity index (χ2v) is 5.51. The van der Waals surface area contributed by atoms with Gasteiger partial charge in [0.1, 0.15) is 17.1 Å². The maximum absolute atomic E-state index is 12.5. The monoisotopic (exact) mass is 295 g/mol. The molecule has 0 saturated carbocycles. The minimum absolute atomic E-state index is 0.0760. The number of benzene rings is 2. The van der Waals surface area contributed by atoms with E-state index in [2.05, 4.69) is 0 Å². The summed E-state index contributed by atoms with van der Waals surface area (Å²) in [5.74, 6) is 0.613. The molecule has 1 aromatic heterocycles. The number of anilines is 1. The number of phenols is 1. The first kappa shape index (κ1) is 14.2. The van der Waals surface area contributed by atoms with E-state index in [-0.39, 0.29) is 11.2 Å². The summed E-state index contributed by atoms with van der Waals surface area (Å²) < 4.78 is 5.87. The van der Waals surface area contributed by atoms with Crippen LogP contribution in [0.5, 0.6) is 5.75 Å². The normalized spacial score (nSPS) is 10.9. The third-order valence-electron chi connectivity index (χ3n) is 3.75. The molecule has 2 aromatic carbocycles. The highest BCUT2D eigenvalue weighted by atomic mass is 16.3. The molecule has 4 heteroatoms. The van der Waals surface area contributed by atoms with Crippen molar-refractivity contribution in [1.82, 2.24) is 0 Å². The molecule has 1 N–H and O–H groups in total. The van der Waals surface area contributed by atoms with Gasteiger partial charge in [-0.2, -0.15) is 0 Å². The van der Waals surface area contributed by atoms with Gasteiger partial charge in [-0.15, -0.1) is 0 Å². The van der Waals surface area contributed by atoms with Crippen LogP contribution in [0.1, 0.15) is 5.56 Å². The van der Waals surface area contributed by atoms with Crippen LogP contribution < -0.4 is 10.3 Å².